The minimum absolute atomic E-state index is 0.0579. The summed E-state index contributed by atoms with van der Waals surface area (Å²) < 4.78 is 37.0. The third-order valence-electron chi connectivity index (χ3n) is 2.53. The predicted octanol–water partition coefficient (Wildman–Crippen LogP) is 1.80. The van der Waals surface area contributed by atoms with Crippen molar-refractivity contribution >= 4 is 5.91 Å². The molecule has 0 fully saturated rings. The van der Waals surface area contributed by atoms with Gasteiger partial charge < -0.3 is 10.3 Å². The third kappa shape index (κ3) is 3.56. The first-order chi connectivity index (χ1) is 9.47. The average molecular weight is 284 g/mol. The molecule has 2 heterocycles. The Morgan fingerprint density at radius 3 is 2.65 bits per heavy atom. The van der Waals surface area contributed by atoms with Crippen molar-refractivity contribution in [3.8, 4) is 0 Å². The summed E-state index contributed by atoms with van der Waals surface area (Å²) in [7, 11) is 0. The van der Waals surface area contributed by atoms with Crippen molar-refractivity contribution in [3.05, 3.63) is 47.8 Å². The Labute approximate surface area is 112 Å². The lowest BCUT2D eigenvalue weighted by molar-refractivity contribution is -0.137. The monoisotopic (exact) mass is 284 g/mol. The number of pyridine rings is 1. The number of rotatable bonds is 4. The van der Waals surface area contributed by atoms with E-state index in [1.165, 1.54) is 0 Å². The van der Waals surface area contributed by atoms with Gasteiger partial charge in [0, 0.05) is 31.6 Å². The molecule has 0 aliphatic carbocycles. The Kier molecular flexibility index (Phi) is 4.02. The van der Waals surface area contributed by atoms with Crippen LogP contribution in [0, 0.1) is 0 Å². The SMILES string of the molecule is O=C(NCCc1ncc[nH]1)c1ccc(C(F)(F)F)cn1. The molecule has 0 saturated carbocycles. The first-order valence-corrected chi connectivity index (χ1v) is 5.76. The van der Waals surface area contributed by atoms with Crippen LogP contribution >= 0.6 is 0 Å². The van der Waals surface area contributed by atoms with Gasteiger partial charge in [-0.3, -0.25) is 9.78 Å². The van der Waals surface area contributed by atoms with Crippen molar-refractivity contribution in [3.63, 3.8) is 0 Å². The lowest BCUT2D eigenvalue weighted by Crippen LogP contribution is -2.26. The van der Waals surface area contributed by atoms with Gasteiger partial charge in [0.2, 0.25) is 0 Å². The van der Waals surface area contributed by atoms with Crippen LogP contribution in [0.2, 0.25) is 0 Å². The average Bonchev–Trinajstić information content (AvgIpc) is 2.91. The summed E-state index contributed by atoms with van der Waals surface area (Å²) in [5, 5.41) is 2.55. The van der Waals surface area contributed by atoms with Gasteiger partial charge in [0.25, 0.3) is 5.91 Å². The number of amides is 1. The van der Waals surface area contributed by atoms with Gasteiger partial charge in [-0.05, 0) is 12.1 Å². The highest BCUT2D eigenvalue weighted by Gasteiger charge is 2.30. The van der Waals surface area contributed by atoms with Crippen molar-refractivity contribution in [2.24, 2.45) is 0 Å². The highest BCUT2D eigenvalue weighted by Crippen LogP contribution is 2.28. The summed E-state index contributed by atoms with van der Waals surface area (Å²) in [6.45, 7) is 0.315. The van der Waals surface area contributed by atoms with Gasteiger partial charge in [-0.15, -0.1) is 0 Å². The Hall–Kier alpha value is -2.38. The van der Waals surface area contributed by atoms with Crippen LogP contribution in [-0.4, -0.2) is 27.4 Å². The molecule has 0 bridgehead atoms. The van der Waals surface area contributed by atoms with E-state index in [1.54, 1.807) is 12.4 Å². The summed E-state index contributed by atoms with van der Waals surface area (Å²) in [5.41, 5.74) is -0.943. The van der Waals surface area contributed by atoms with Gasteiger partial charge >= 0.3 is 6.18 Å². The van der Waals surface area contributed by atoms with Crippen LogP contribution in [0.25, 0.3) is 0 Å². The highest BCUT2D eigenvalue weighted by atomic mass is 19.4. The fourth-order valence-electron chi connectivity index (χ4n) is 1.52. The molecule has 0 aliphatic heterocycles. The number of halogens is 3. The summed E-state index contributed by atoms with van der Waals surface area (Å²) in [6, 6.07) is 1.87. The lowest BCUT2D eigenvalue weighted by Gasteiger charge is -2.07. The molecule has 8 heteroatoms. The maximum atomic E-state index is 12.3. The minimum Gasteiger partial charge on any atom is -0.350 e. The number of nitrogens with zero attached hydrogens (tertiary/aromatic N) is 2. The molecule has 0 unspecified atom stereocenters. The number of H-pyrrole nitrogens is 1. The largest absolute Gasteiger partial charge is 0.417 e. The molecule has 0 aliphatic rings. The molecule has 0 saturated heterocycles. The van der Waals surface area contributed by atoms with Gasteiger partial charge in [-0.2, -0.15) is 13.2 Å². The molecular formula is C12H11F3N4O. The molecular weight excluding hydrogens is 273 g/mol. The van der Waals surface area contributed by atoms with E-state index >= 15 is 0 Å². The minimum atomic E-state index is -4.46. The topological polar surface area (TPSA) is 70.7 Å². The van der Waals surface area contributed by atoms with Crippen LogP contribution in [0.3, 0.4) is 0 Å². The van der Waals surface area contributed by atoms with E-state index < -0.39 is 17.6 Å². The van der Waals surface area contributed by atoms with Crippen molar-refractivity contribution in [1.29, 1.82) is 0 Å². The van der Waals surface area contributed by atoms with Crippen molar-refractivity contribution in [2.45, 2.75) is 12.6 Å². The first kappa shape index (κ1) is 14.0. The number of imidazole rings is 1. The maximum absolute atomic E-state index is 12.3. The second-order valence-electron chi connectivity index (χ2n) is 3.97. The second kappa shape index (κ2) is 5.72. The van der Waals surface area contributed by atoms with E-state index in [-0.39, 0.29) is 5.69 Å². The molecule has 106 valence electrons. The van der Waals surface area contributed by atoms with Gasteiger partial charge in [0.1, 0.15) is 11.5 Å². The number of hydrogen-bond acceptors (Lipinski definition) is 3. The van der Waals surface area contributed by atoms with Crippen LogP contribution < -0.4 is 5.32 Å². The van der Waals surface area contributed by atoms with E-state index in [4.69, 9.17) is 0 Å². The molecule has 2 rings (SSSR count). The molecule has 0 atom stereocenters. The zero-order valence-electron chi connectivity index (χ0n) is 10.2. The number of aromatic amines is 1. The summed E-state index contributed by atoms with van der Waals surface area (Å²) >= 11 is 0. The highest BCUT2D eigenvalue weighted by molar-refractivity contribution is 5.92. The quantitative estimate of drug-likeness (QED) is 0.899. The molecule has 0 spiro atoms. The van der Waals surface area contributed by atoms with E-state index in [1.807, 2.05) is 0 Å². The maximum Gasteiger partial charge on any atom is 0.417 e. The molecule has 1 amide bonds. The lowest BCUT2D eigenvalue weighted by atomic mass is 10.2. The van der Waals surface area contributed by atoms with Crippen molar-refractivity contribution in [1.82, 2.24) is 20.3 Å². The normalized spacial score (nSPS) is 11.3. The second-order valence-corrected chi connectivity index (χ2v) is 3.97. The standard InChI is InChI=1S/C12H11F3N4O/c13-12(14,15)8-1-2-9(19-7-8)11(20)18-4-3-10-16-5-6-17-10/h1-2,5-7H,3-4H2,(H,16,17)(H,18,20). The third-order valence-corrected chi connectivity index (χ3v) is 2.53. The number of alkyl halides is 3. The molecule has 2 aromatic rings. The number of carbonyl (C=O) groups excluding carboxylic acids is 1. The van der Waals surface area contributed by atoms with Crippen LogP contribution in [0.15, 0.2) is 30.7 Å². The summed E-state index contributed by atoms with van der Waals surface area (Å²) in [5.74, 6) is 0.191. The summed E-state index contributed by atoms with van der Waals surface area (Å²) in [4.78, 5) is 22.0. The smallest absolute Gasteiger partial charge is 0.350 e. The van der Waals surface area contributed by atoms with Gasteiger partial charge in [-0.25, -0.2) is 4.98 Å². The fraction of sp³-hybridized carbons (Fsp3) is 0.250. The van der Waals surface area contributed by atoms with Crippen LogP contribution in [0.1, 0.15) is 21.9 Å². The van der Waals surface area contributed by atoms with Crippen molar-refractivity contribution < 1.29 is 18.0 Å². The van der Waals surface area contributed by atoms with E-state index in [0.29, 0.717) is 25.0 Å². The van der Waals surface area contributed by atoms with Crippen LogP contribution in [0.5, 0.6) is 0 Å². The van der Waals surface area contributed by atoms with Crippen LogP contribution in [0.4, 0.5) is 13.2 Å². The van der Waals surface area contributed by atoms with Gasteiger partial charge in [0.05, 0.1) is 5.56 Å². The number of aromatic nitrogens is 3. The number of nitrogens with one attached hydrogen (secondary N) is 2. The fourth-order valence-corrected chi connectivity index (χ4v) is 1.52. The zero-order chi connectivity index (χ0) is 14.6. The van der Waals surface area contributed by atoms with E-state index in [0.717, 1.165) is 12.1 Å². The summed E-state index contributed by atoms with van der Waals surface area (Å²) in [6.07, 6.45) is -0.0642. The molecule has 2 N–H and O–H groups in total. The first-order valence-electron chi connectivity index (χ1n) is 5.76. The van der Waals surface area contributed by atoms with Gasteiger partial charge in [-0.1, -0.05) is 0 Å². The molecule has 2 aromatic heterocycles. The molecule has 5 nitrogen and oxygen atoms in total. The van der Waals surface area contributed by atoms with E-state index in [2.05, 4.69) is 20.3 Å². The van der Waals surface area contributed by atoms with E-state index in [9.17, 15) is 18.0 Å². The van der Waals surface area contributed by atoms with Gasteiger partial charge in [0.15, 0.2) is 0 Å². The molecule has 20 heavy (non-hydrogen) atoms. The Balaban J connectivity index is 1.89. The number of carbonyl (C=O) groups is 1. The van der Waals surface area contributed by atoms with Crippen LogP contribution in [-0.2, 0) is 12.6 Å². The molecule has 0 aromatic carbocycles. The Bertz CT molecular complexity index is 563. The molecule has 0 radical (unpaired) electrons. The van der Waals surface area contributed by atoms with Crippen molar-refractivity contribution in [2.75, 3.05) is 6.54 Å². The zero-order valence-corrected chi connectivity index (χ0v) is 10.2. The predicted molar refractivity (Wildman–Crippen MR) is 63.9 cm³/mol. The Morgan fingerprint density at radius 1 is 1.30 bits per heavy atom. The Morgan fingerprint density at radius 2 is 2.10 bits per heavy atom. The number of hydrogen-bond donors (Lipinski definition) is 2.